The van der Waals surface area contributed by atoms with Gasteiger partial charge in [0.2, 0.25) is 0 Å². The SMILES string of the molecule is CC(=O)O.CC(=O)O.O=C1C=CC=C/C1=C/Nc1ccc(Cc2ccc(N/C=C3/C=CC=CC3=O)cc2)cc1.[Cu].[Cu]. The van der Waals surface area contributed by atoms with Crippen molar-refractivity contribution in [1.29, 1.82) is 0 Å². The molecule has 0 atom stereocenters. The molecule has 0 saturated carbocycles. The summed E-state index contributed by atoms with van der Waals surface area (Å²) in [6, 6.07) is 16.3. The fraction of sp³-hybridized carbons (Fsp3) is 0.0968. The summed E-state index contributed by atoms with van der Waals surface area (Å²) in [4.78, 5) is 41.5. The van der Waals surface area contributed by atoms with Crippen LogP contribution in [0.5, 0.6) is 0 Å². The van der Waals surface area contributed by atoms with Gasteiger partial charge in [-0.3, -0.25) is 19.2 Å². The fourth-order valence-corrected chi connectivity index (χ4v) is 3.20. The first-order valence-corrected chi connectivity index (χ1v) is 11.9. The molecule has 8 nitrogen and oxygen atoms in total. The number of rotatable bonds is 6. The molecule has 0 heterocycles. The Morgan fingerprint density at radius 1 is 0.610 bits per heavy atom. The summed E-state index contributed by atoms with van der Waals surface area (Å²) in [6.45, 7) is 2.17. The van der Waals surface area contributed by atoms with E-state index >= 15 is 0 Å². The van der Waals surface area contributed by atoms with E-state index in [1.807, 2.05) is 36.4 Å². The third-order valence-corrected chi connectivity index (χ3v) is 4.94. The first-order valence-electron chi connectivity index (χ1n) is 11.9. The summed E-state index contributed by atoms with van der Waals surface area (Å²) in [5.41, 5.74) is 5.53. The molecule has 0 spiro atoms. The topological polar surface area (TPSA) is 133 Å². The van der Waals surface area contributed by atoms with Crippen LogP contribution in [0.1, 0.15) is 25.0 Å². The van der Waals surface area contributed by atoms with Crippen molar-refractivity contribution in [2.75, 3.05) is 10.6 Å². The van der Waals surface area contributed by atoms with Crippen molar-refractivity contribution in [3.05, 3.63) is 132 Å². The Morgan fingerprint density at radius 2 is 0.902 bits per heavy atom. The number of hydrogen-bond donors (Lipinski definition) is 4. The first-order chi connectivity index (χ1) is 18.6. The van der Waals surface area contributed by atoms with E-state index in [9.17, 15) is 9.59 Å². The number of aliphatic carboxylic acids is 2. The van der Waals surface area contributed by atoms with Crippen LogP contribution < -0.4 is 10.6 Å². The molecule has 0 saturated heterocycles. The summed E-state index contributed by atoms with van der Waals surface area (Å²) in [6.07, 6.45) is 18.1. The summed E-state index contributed by atoms with van der Waals surface area (Å²) < 4.78 is 0. The normalized spacial score (nSPS) is 14.5. The van der Waals surface area contributed by atoms with E-state index in [4.69, 9.17) is 19.8 Å². The summed E-state index contributed by atoms with van der Waals surface area (Å²) in [7, 11) is 0. The van der Waals surface area contributed by atoms with Gasteiger partial charge >= 0.3 is 0 Å². The second-order valence-electron chi connectivity index (χ2n) is 8.26. The van der Waals surface area contributed by atoms with Crippen LogP contribution >= 0.6 is 0 Å². The second kappa shape index (κ2) is 19.8. The monoisotopic (exact) mass is 652 g/mol. The van der Waals surface area contributed by atoms with Crippen LogP contribution in [-0.4, -0.2) is 33.7 Å². The molecule has 4 rings (SSSR count). The predicted octanol–water partition coefficient (Wildman–Crippen LogP) is 5.44. The van der Waals surface area contributed by atoms with Crippen LogP contribution in [0.3, 0.4) is 0 Å². The average molecular weight is 654 g/mol. The average Bonchev–Trinajstić information content (AvgIpc) is 2.89. The Bertz CT molecular complexity index is 1260. The van der Waals surface area contributed by atoms with Crippen LogP contribution in [0.15, 0.2) is 121 Å². The van der Waals surface area contributed by atoms with E-state index in [0.29, 0.717) is 11.1 Å². The van der Waals surface area contributed by atoms with E-state index in [1.54, 1.807) is 48.9 Å². The molecular weight excluding hydrogens is 623 g/mol. The molecule has 2 aromatic rings. The standard InChI is InChI=1S/C27H22N2O2.2C2H4O2.2Cu/c30-26-7-3-1-5-22(26)18-28-24-13-9-20(10-14-24)17-21-11-15-25(16-12-21)29-19-23-6-2-4-8-27(23)31;2*1-2(3)4;;/h1-16,18-19,28-29H,17H2;2*1H3,(H,3,4);;/b22-18-,23-19-;;;;. The molecule has 10 heteroatoms. The van der Waals surface area contributed by atoms with Gasteiger partial charge in [0.1, 0.15) is 0 Å². The van der Waals surface area contributed by atoms with Gasteiger partial charge in [0, 0.05) is 82.9 Å². The van der Waals surface area contributed by atoms with Gasteiger partial charge in [0.05, 0.1) is 0 Å². The molecular formula is C31H30Cu2N2O6. The Balaban J connectivity index is 0.00000142. The van der Waals surface area contributed by atoms with Crippen molar-refractivity contribution in [3.8, 4) is 0 Å². The maximum absolute atomic E-state index is 11.8. The molecule has 0 amide bonds. The molecule has 2 aliphatic carbocycles. The Morgan fingerprint density at radius 3 is 1.20 bits per heavy atom. The Hall–Kier alpha value is -4.20. The number of carbonyl (C=O) groups excluding carboxylic acids is 2. The van der Waals surface area contributed by atoms with Crippen LogP contribution in [-0.2, 0) is 59.7 Å². The zero-order valence-corrected chi connectivity index (χ0v) is 24.1. The van der Waals surface area contributed by atoms with Gasteiger partial charge in [-0.1, -0.05) is 48.6 Å². The van der Waals surface area contributed by atoms with Crippen LogP contribution in [0, 0.1) is 0 Å². The van der Waals surface area contributed by atoms with Gasteiger partial charge in [0.15, 0.2) is 11.6 Å². The molecule has 2 aromatic carbocycles. The van der Waals surface area contributed by atoms with E-state index in [2.05, 4.69) is 34.9 Å². The van der Waals surface area contributed by atoms with E-state index < -0.39 is 11.9 Å². The minimum absolute atomic E-state index is 0. The molecule has 0 fully saturated rings. The predicted molar refractivity (Wildman–Crippen MR) is 152 cm³/mol. The third kappa shape index (κ3) is 15.2. The minimum atomic E-state index is -0.833. The van der Waals surface area contributed by atoms with Crippen molar-refractivity contribution in [3.63, 3.8) is 0 Å². The molecule has 2 radical (unpaired) electrons. The van der Waals surface area contributed by atoms with Gasteiger partial charge in [-0.15, -0.1) is 0 Å². The number of carboxylic acids is 2. The number of ketones is 2. The van der Waals surface area contributed by atoms with E-state index in [1.165, 1.54) is 11.1 Å². The number of anilines is 2. The van der Waals surface area contributed by atoms with Gasteiger partial charge in [-0.25, -0.2) is 0 Å². The summed E-state index contributed by atoms with van der Waals surface area (Å²) >= 11 is 0. The van der Waals surface area contributed by atoms with Crippen molar-refractivity contribution in [1.82, 2.24) is 0 Å². The van der Waals surface area contributed by atoms with Gasteiger partial charge < -0.3 is 20.8 Å². The second-order valence-corrected chi connectivity index (χ2v) is 8.26. The fourth-order valence-electron chi connectivity index (χ4n) is 3.20. The molecule has 4 N–H and O–H groups in total. The van der Waals surface area contributed by atoms with Crippen LogP contribution in [0.4, 0.5) is 11.4 Å². The minimum Gasteiger partial charge on any atom is -0.481 e. The number of carbonyl (C=O) groups is 4. The maximum atomic E-state index is 11.8. The number of nitrogens with one attached hydrogen (secondary N) is 2. The zero-order chi connectivity index (χ0) is 28.6. The van der Waals surface area contributed by atoms with Crippen LogP contribution in [0.2, 0.25) is 0 Å². The smallest absolute Gasteiger partial charge is 0.300 e. The van der Waals surface area contributed by atoms with Crippen molar-refractivity contribution >= 4 is 34.9 Å². The Kier molecular flexibility index (Phi) is 17.8. The van der Waals surface area contributed by atoms with E-state index in [-0.39, 0.29) is 45.7 Å². The van der Waals surface area contributed by atoms with Gasteiger partial charge in [-0.05, 0) is 66.1 Å². The summed E-state index contributed by atoms with van der Waals surface area (Å²) in [5.74, 6) is -1.67. The summed E-state index contributed by atoms with van der Waals surface area (Å²) in [5, 5.41) is 21.2. The molecule has 41 heavy (non-hydrogen) atoms. The molecule has 0 bridgehead atoms. The quantitative estimate of drug-likeness (QED) is 0.240. The number of benzene rings is 2. The zero-order valence-electron chi connectivity index (χ0n) is 22.2. The van der Waals surface area contributed by atoms with Crippen molar-refractivity contribution in [2.24, 2.45) is 0 Å². The largest absolute Gasteiger partial charge is 0.481 e. The Labute approximate surface area is 260 Å². The first kappa shape index (κ1) is 36.8. The molecule has 2 aliphatic rings. The van der Waals surface area contributed by atoms with Crippen molar-refractivity contribution in [2.45, 2.75) is 20.3 Å². The van der Waals surface area contributed by atoms with Gasteiger partial charge in [0.25, 0.3) is 11.9 Å². The maximum Gasteiger partial charge on any atom is 0.300 e. The van der Waals surface area contributed by atoms with Crippen LogP contribution in [0.25, 0.3) is 0 Å². The molecule has 0 unspecified atom stereocenters. The number of carboxylic acid groups (broad SMARTS) is 2. The molecule has 0 aromatic heterocycles. The molecule has 0 aliphatic heterocycles. The third-order valence-electron chi connectivity index (χ3n) is 4.94. The molecule has 222 valence electrons. The van der Waals surface area contributed by atoms with E-state index in [0.717, 1.165) is 31.6 Å². The van der Waals surface area contributed by atoms with Gasteiger partial charge in [-0.2, -0.15) is 0 Å². The van der Waals surface area contributed by atoms with Crippen molar-refractivity contribution < 1.29 is 63.5 Å². The number of hydrogen-bond acceptors (Lipinski definition) is 6. The number of allylic oxidation sites excluding steroid dienone is 10.